The van der Waals surface area contributed by atoms with Gasteiger partial charge in [0, 0.05) is 11.1 Å². The van der Waals surface area contributed by atoms with Crippen LogP contribution in [0.5, 0.6) is 0 Å². The third-order valence-electron chi connectivity index (χ3n) is 2.97. The Morgan fingerprint density at radius 2 is 1.43 bits per heavy atom. The fourth-order valence-electron chi connectivity index (χ4n) is 1.70. The lowest BCUT2D eigenvalue weighted by Gasteiger charge is -2.32. The Bertz CT molecular complexity index is 393. The fourth-order valence-corrected chi connectivity index (χ4v) is 1.70. The van der Waals surface area contributed by atoms with Crippen molar-refractivity contribution in [3.05, 3.63) is 37.5 Å². The summed E-state index contributed by atoms with van der Waals surface area (Å²) in [6.07, 6.45) is 1.38. The number of ether oxygens (including phenoxy) is 2. The van der Waals surface area contributed by atoms with E-state index in [1.54, 1.807) is 0 Å². The van der Waals surface area contributed by atoms with Crippen molar-refractivity contribution < 1.29 is 19.1 Å². The maximum absolute atomic E-state index is 11.7. The fraction of sp³-hybridized carbons (Fsp3) is 0.529. The smallest absolute Gasteiger partial charge is 0.340 e. The van der Waals surface area contributed by atoms with E-state index in [1.165, 1.54) is 13.8 Å². The van der Waals surface area contributed by atoms with Crippen molar-refractivity contribution in [2.24, 2.45) is 11.3 Å². The number of esters is 2. The zero-order valence-corrected chi connectivity index (χ0v) is 13.7. The van der Waals surface area contributed by atoms with Crippen molar-refractivity contribution in [3.63, 3.8) is 0 Å². The van der Waals surface area contributed by atoms with Gasteiger partial charge in [-0.1, -0.05) is 47.3 Å². The van der Waals surface area contributed by atoms with Crippen LogP contribution in [0.2, 0.25) is 0 Å². The average molecular weight is 294 g/mol. The molecule has 0 saturated carbocycles. The van der Waals surface area contributed by atoms with Crippen LogP contribution in [-0.4, -0.2) is 11.9 Å². The van der Waals surface area contributed by atoms with Gasteiger partial charge in [0.1, 0.15) is 0 Å². The van der Waals surface area contributed by atoms with Crippen LogP contribution in [0.3, 0.4) is 0 Å². The Labute approximate surface area is 128 Å². The van der Waals surface area contributed by atoms with Gasteiger partial charge in [-0.05, 0) is 26.2 Å². The van der Waals surface area contributed by atoms with E-state index >= 15 is 0 Å². The second kappa shape index (κ2) is 8.01. The molecule has 0 spiro atoms. The summed E-state index contributed by atoms with van der Waals surface area (Å²) in [6.45, 7) is 19.7. The molecular formula is C17H26O4. The van der Waals surface area contributed by atoms with Crippen molar-refractivity contribution >= 4 is 11.9 Å². The van der Waals surface area contributed by atoms with Crippen molar-refractivity contribution in [1.82, 2.24) is 0 Å². The maximum atomic E-state index is 11.7. The van der Waals surface area contributed by atoms with Crippen LogP contribution >= 0.6 is 0 Å². The average Bonchev–Trinajstić information content (AvgIpc) is 2.36. The molecule has 0 heterocycles. The molecule has 0 aromatic rings. The molecule has 21 heavy (non-hydrogen) atoms. The molecule has 0 rings (SSSR count). The summed E-state index contributed by atoms with van der Waals surface area (Å²) in [4.78, 5) is 23.5. The van der Waals surface area contributed by atoms with Crippen molar-refractivity contribution in [2.45, 2.75) is 47.5 Å². The lowest BCUT2D eigenvalue weighted by atomic mass is 9.81. The largest absolute Gasteiger partial charge is 0.411 e. The Balaban J connectivity index is 5.18. The molecule has 0 amide bonds. The highest BCUT2D eigenvalue weighted by atomic mass is 16.7. The second-order valence-corrected chi connectivity index (χ2v) is 6.11. The molecule has 4 nitrogen and oxygen atoms in total. The van der Waals surface area contributed by atoms with Crippen LogP contribution in [0.4, 0.5) is 0 Å². The molecule has 0 bridgehead atoms. The lowest BCUT2D eigenvalue weighted by Crippen LogP contribution is -2.32. The van der Waals surface area contributed by atoms with Gasteiger partial charge in [0.2, 0.25) is 0 Å². The van der Waals surface area contributed by atoms with Crippen LogP contribution in [0.15, 0.2) is 24.3 Å². The highest BCUT2D eigenvalue weighted by Crippen LogP contribution is 2.38. The van der Waals surface area contributed by atoms with E-state index in [9.17, 15) is 9.59 Å². The van der Waals surface area contributed by atoms with Gasteiger partial charge in [-0.25, -0.2) is 9.59 Å². The maximum Gasteiger partial charge on any atom is 0.340 e. The lowest BCUT2D eigenvalue weighted by molar-refractivity contribution is -0.170. The molecule has 1 unspecified atom stereocenters. The first-order chi connectivity index (χ1) is 9.51. The molecule has 0 saturated heterocycles. The zero-order chi connectivity index (χ0) is 16.8. The molecule has 0 aromatic heterocycles. The van der Waals surface area contributed by atoms with E-state index < -0.39 is 17.4 Å². The first-order valence-corrected chi connectivity index (χ1v) is 6.93. The summed E-state index contributed by atoms with van der Waals surface area (Å²) in [5, 5.41) is 0. The second-order valence-electron chi connectivity index (χ2n) is 6.11. The van der Waals surface area contributed by atoms with E-state index in [-0.39, 0.29) is 17.4 Å². The predicted molar refractivity (Wildman–Crippen MR) is 82.6 cm³/mol. The normalized spacial score (nSPS) is 12.7. The first kappa shape index (κ1) is 19.4. The number of hydrogen-bond donors (Lipinski definition) is 0. The minimum absolute atomic E-state index is 0.0243. The number of carbonyl (C=O) groups is 2. The van der Waals surface area contributed by atoms with E-state index in [1.807, 2.05) is 20.8 Å². The van der Waals surface area contributed by atoms with Crippen LogP contribution < -0.4 is 0 Å². The van der Waals surface area contributed by atoms with Gasteiger partial charge in [-0.3, -0.25) is 0 Å². The molecule has 1 atom stereocenters. The Morgan fingerprint density at radius 1 is 1.05 bits per heavy atom. The van der Waals surface area contributed by atoms with Gasteiger partial charge in [-0.2, -0.15) is 0 Å². The van der Waals surface area contributed by atoms with E-state index in [0.29, 0.717) is 12.3 Å². The summed E-state index contributed by atoms with van der Waals surface area (Å²) in [5.74, 6) is -0.938. The Kier molecular flexibility index (Phi) is 7.41. The molecule has 118 valence electrons. The summed E-state index contributed by atoms with van der Waals surface area (Å²) < 4.78 is 10.4. The molecule has 0 N–H and O–H groups in total. The van der Waals surface area contributed by atoms with Crippen molar-refractivity contribution in [2.75, 3.05) is 0 Å². The first-order valence-electron chi connectivity index (χ1n) is 6.93. The highest BCUT2D eigenvalue weighted by Gasteiger charge is 2.39. The Morgan fingerprint density at radius 3 is 1.71 bits per heavy atom. The molecule has 4 heteroatoms. The molecule has 0 fully saturated rings. The minimum atomic E-state index is -0.618. The third kappa shape index (κ3) is 6.61. The van der Waals surface area contributed by atoms with Crippen LogP contribution in [0, 0.1) is 24.5 Å². The van der Waals surface area contributed by atoms with Crippen molar-refractivity contribution in [3.8, 4) is 0 Å². The summed E-state index contributed by atoms with van der Waals surface area (Å²) in [6, 6.07) is 0. The number of rotatable bonds is 8. The summed E-state index contributed by atoms with van der Waals surface area (Å²) >= 11 is 0. The molecule has 0 aliphatic rings. The monoisotopic (exact) mass is 294 g/mol. The van der Waals surface area contributed by atoms with Gasteiger partial charge in [0.15, 0.2) is 0 Å². The van der Waals surface area contributed by atoms with Crippen molar-refractivity contribution in [1.29, 1.82) is 0 Å². The molecule has 0 aliphatic carbocycles. The Hall–Kier alpha value is -1.58. The van der Waals surface area contributed by atoms with Crippen LogP contribution in [0.25, 0.3) is 0 Å². The zero-order valence-electron chi connectivity index (χ0n) is 13.7. The van der Waals surface area contributed by atoms with Gasteiger partial charge in [0.25, 0.3) is 0 Å². The standard InChI is InChI=1S/C17H26O4/c1-9-13(6)10-17(7,8)16(20-14(18)11(2)3)21-15(19)12(4)5/h13H,1-2,4,9-10H2,3,5-8H3. The highest BCUT2D eigenvalue weighted by molar-refractivity contribution is 5.89. The van der Waals surface area contributed by atoms with Gasteiger partial charge >= 0.3 is 18.2 Å². The summed E-state index contributed by atoms with van der Waals surface area (Å²) in [5.41, 5.74) is -0.146. The van der Waals surface area contributed by atoms with Crippen LogP contribution in [-0.2, 0) is 19.1 Å². The molecule has 0 aliphatic heterocycles. The quantitative estimate of drug-likeness (QED) is 0.501. The van der Waals surface area contributed by atoms with E-state index in [0.717, 1.165) is 6.42 Å². The number of carbonyl (C=O) groups excluding carboxylic acids is 2. The number of hydrogen-bond acceptors (Lipinski definition) is 4. The molecule has 0 aromatic carbocycles. The van der Waals surface area contributed by atoms with E-state index in [4.69, 9.17) is 9.47 Å². The van der Waals surface area contributed by atoms with Gasteiger partial charge in [0.05, 0.1) is 5.41 Å². The predicted octanol–water partition coefficient (Wildman–Crippen LogP) is 3.99. The molecule has 2 radical (unpaired) electrons. The minimum Gasteiger partial charge on any atom is -0.411 e. The summed E-state index contributed by atoms with van der Waals surface area (Å²) in [7, 11) is 0. The van der Waals surface area contributed by atoms with Crippen LogP contribution in [0.1, 0.15) is 47.5 Å². The third-order valence-corrected chi connectivity index (χ3v) is 2.97. The molecular weight excluding hydrogens is 268 g/mol. The van der Waals surface area contributed by atoms with Gasteiger partial charge < -0.3 is 9.47 Å². The van der Waals surface area contributed by atoms with E-state index in [2.05, 4.69) is 20.1 Å². The topological polar surface area (TPSA) is 52.6 Å². The van der Waals surface area contributed by atoms with Gasteiger partial charge in [-0.15, -0.1) is 0 Å². The SMILES string of the molecule is [CH2]CC(C)CC(C)(C)[C](OC(=O)C(=C)C)OC(=O)C(=C)C.